The molecule has 2 heterocycles. The number of carbonyl (C=O) groups is 2. The number of ketones is 1. The van der Waals surface area contributed by atoms with Gasteiger partial charge in [-0.15, -0.1) is 11.3 Å². The van der Waals surface area contributed by atoms with Crippen LogP contribution in [-0.4, -0.2) is 39.6 Å². The molecule has 0 unspecified atom stereocenters. The highest BCUT2D eigenvalue weighted by Crippen LogP contribution is 2.30. The van der Waals surface area contributed by atoms with E-state index in [-0.39, 0.29) is 12.4 Å². The molecule has 2 aromatic rings. The number of benzene rings is 1. The van der Waals surface area contributed by atoms with Crippen molar-refractivity contribution in [3.05, 3.63) is 57.3 Å². The van der Waals surface area contributed by atoms with E-state index in [9.17, 15) is 18.0 Å². The third kappa shape index (κ3) is 4.69. The van der Waals surface area contributed by atoms with E-state index in [4.69, 9.17) is 4.74 Å². The fourth-order valence-electron chi connectivity index (χ4n) is 3.05. The van der Waals surface area contributed by atoms with Crippen LogP contribution in [0.15, 0.2) is 35.7 Å². The molecule has 0 amide bonds. The molecule has 1 aromatic carbocycles. The highest BCUT2D eigenvalue weighted by molar-refractivity contribution is 7.92. The maximum absolute atomic E-state index is 12.4. The first-order chi connectivity index (χ1) is 13.3. The van der Waals surface area contributed by atoms with Crippen LogP contribution in [0.2, 0.25) is 0 Å². The van der Waals surface area contributed by atoms with Gasteiger partial charge in [0.15, 0.2) is 12.4 Å². The van der Waals surface area contributed by atoms with Crippen molar-refractivity contribution in [2.75, 3.05) is 23.7 Å². The van der Waals surface area contributed by atoms with Crippen LogP contribution in [0, 0.1) is 6.92 Å². The highest BCUT2D eigenvalue weighted by atomic mass is 32.2. The second kappa shape index (κ2) is 8.28. The van der Waals surface area contributed by atoms with Crippen LogP contribution in [0.25, 0.3) is 6.08 Å². The third-order valence-corrected chi connectivity index (χ3v) is 6.66. The van der Waals surface area contributed by atoms with Crippen molar-refractivity contribution in [1.29, 1.82) is 0 Å². The van der Waals surface area contributed by atoms with Gasteiger partial charge in [-0.3, -0.25) is 9.10 Å². The van der Waals surface area contributed by atoms with E-state index >= 15 is 0 Å². The van der Waals surface area contributed by atoms with Crippen molar-refractivity contribution >= 4 is 44.9 Å². The first kappa shape index (κ1) is 20.3. The van der Waals surface area contributed by atoms with Gasteiger partial charge in [0.25, 0.3) is 0 Å². The number of aryl methyl sites for hydroxylation is 2. The summed E-state index contributed by atoms with van der Waals surface area (Å²) in [5.41, 5.74) is 2.89. The Balaban J connectivity index is 1.64. The molecule has 0 atom stereocenters. The summed E-state index contributed by atoms with van der Waals surface area (Å²) in [5.74, 6) is -0.907. The van der Waals surface area contributed by atoms with E-state index in [1.807, 2.05) is 18.4 Å². The number of ether oxygens (including phenoxy) is 1. The largest absolute Gasteiger partial charge is 0.454 e. The van der Waals surface area contributed by atoms with Crippen molar-refractivity contribution < 1.29 is 22.7 Å². The Morgan fingerprint density at radius 3 is 2.75 bits per heavy atom. The number of sulfonamides is 1. The van der Waals surface area contributed by atoms with Crippen molar-refractivity contribution in [3.8, 4) is 0 Å². The molecule has 28 heavy (non-hydrogen) atoms. The van der Waals surface area contributed by atoms with Crippen LogP contribution in [-0.2, 0) is 26.0 Å². The SMILES string of the molecule is Cc1ccsc1/C=C/C(=O)OCC(=O)c1ccc2c(c1)CCCN2S(C)(=O)=O. The van der Waals surface area contributed by atoms with E-state index in [0.29, 0.717) is 30.6 Å². The van der Waals surface area contributed by atoms with Crippen LogP contribution in [0.1, 0.15) is 32.8 Å². The number of rotatable bonds is 6. The standard InChI is InChI=1S/C20H21NO5S2/c1-14-9-11-27-19(14)7-8-20(23)26-13-18(22)16-5-6-17-15(12-16)4-3-10-21(17)28(2,24)25/h5-9,11-12H,3-4,10,13H2,1-2H3/b8-7+. The van der Waals surface area contributed by atoms with Gasteiger partial charge >= 0.3 is 5.97 Å². The number of carbonyl (C=O) groups excluding carboxylic acids is 2. The zero-order chi connectivity index (χ0) is 20.3. The molecule has 0 aliphatic carbocycles. The fraction of sp³-hybridized carbons (Fsp3) is 0.300. The van der Waals surface area contributed by atoms with E-state index in [1.165, 1.54) is 28.0 Å². The average Bonchev–Trinajstić information content (AvgIpc) is 3.07. The Morgan fingerprint density at radius 1 is 1.29 bits per heavy atom. The second-order valence-corrected chi connectivity index (χ2v) is 9.47. The van der Waals surface area contributed by atoms with Gasteiger partial charge in [0.1, 0.15) is 0 Å². The summed E-state index contributed by atoms with van der Waals surface area (Å²) in [5, 5.41) is 1.94. The normalized spacial score (nSPS) is 14.1. The molecule has 0 radical (unpaired) electrons. The van der Waals surface area contributed by atoms with E-state index in [0.717, 1.165) is 16.0 Å². The summed E-state index contributed by atoms with van der Waals surface area (Å²) in [7, 11) is -3.35. The van der Waals surface area contributed by atoms with Gasteiger partial charge in [-0.25, -0.2) is 13.2 Å². The summed E-state index contributed by atoms with van der Waals surface area (Å²) in [6.45, 7) is 2.03. The predicted molar refractivity (Wildman–Crippen MR) is 110 cm³/mol. The maximum atomic E-state index is 12.4. The van der Waals surface area contributed by atoms with Gasteiger partial charge in [0.05, 0.1) is 11.9 Å². The van der Waals surface area contributed by atoms with Crippen LogP contribution in [0.3, 0.4) is 0 Å². The molecule has 3 rings (SSSR count). The molecule has 0 spiro atoms. The molecule has 0 saturated heterocycles. The lowest BCUT2D eigenvalue weighted by atomic mass is 9.99. The Labute approximate surface area is 168 Å². The quantitative estimate of drug-likeness (QED) is 0.408. The van der Waals surface area contributed by atoms with Gasteiger partial charge < -0.3 is 4.74 Å². The van der Waals surface area contributed by atoms with Gasteiger partial charge in [-0.1, -0.05) is 0 Å². The molecule has 1 aliphatic rings. The molecule has 8 heteroatoms. The molecule has 1 aromatic heterocycles. The van der Waals surface area contributed by atoms with Crippen LogP contribution < -0.4 is 4.31 Å². The monoisotopic (exact) mass is 419 g/mol. The number of thiophene rings is 1. The molecular weight excluding hydrogens is 398 g/mol. The van der Waals surface area contributed by atoms with Crippen molar-refractivity contribution in [3.63, 3.8) is 0 Å². The minimum atomic E-state index is -3.35. The Kier molecular flexibility index (Phi) is 6.00. The summed E-state index contributed by atoms with van der Waals surface area (Å²) in [6.07, 6.45) is 5.55. The summed E-state index contributed by atoms with van der Waals surface area (Å²) in [4.78, 5) is 25.2. The van der Waals surface area contributed by atoms with Crippen LogP contribution >= 0.6 is 11.3 Å². The molecule has 148 valence electrons. The highest BCUT2D eigenvalue weighted by Gasteiger charge is 2.24. The summed E-state index contributed by atoms with van der Waals surface area (Å²) >= 11 is 1.52. The van der Waals surface area contributed by atoms with Crippen molar-refractivity contribution in [2.24, 2.45) is 0 Å². The smallest absolute Gasteiger partial charge is 0.331 e. The molecule has 6 nitrogen and oxygen atoms in total. The molecular formula is C20H21NO5S2. The minimum absolute atomic E-state index is 0.326. The number of fused-ring (bicyclic) bond motifs is 1. The van der Waals surface area contributed by atoms with E-state index < -0.39 is 16.0 Å². The van der Waals surface area contributed by atoms with Gasteiger partial charge in [-0.2, -0.15) is 0 Å². The molecule has 0 bridgehead atoms. The number of hydrogen-bond acceptors (Lipinski definition) is 6. The maximum Gasteiger partial charge on any atom is 0.331 e. The topological polar surface area (TPSA) is 80.8 Å². The lowest BCUT2D eigenvalue weighted by molar-refractivity contribution is -0.136. The van der Waals surface area contributed by atoms with E-state index in [2.05, 4.69) is 0 Å². The average molecular weight is 420 g/mol. The van der Waals surface area contributed by atoms with Gasteiger partial charge in [-0.05, 0) is 66.6 Å². The van der Waals surface area contributed by atoms with Crippen LogP contribution in [0.5, 0.6) is 0 Å². The molecule has 0 saturated carbocycles. The van der Waals surface area contributed by atoms with Gasteiger partial charge in [0, 0.05) is 23.1 Å². The first-order valence-corrected chi connectivity index (χ1v) is 11.5. The summed E-state index contributed by atoms with van der Waals surface area (Å²) < 4.78 is 30.2. The number of anilines is 1. The Hall–Kier alpha value is -2.45. The van der Waals surface area contributed by atoms with E-state index in [1.54, 1.807) is 24.3 Å². The number of esters is 1. The zero-order valence-corrected chi connectivity index (χ0v) is 17.3. The number of nitrogens with zero attached hydrogens (tertiary/aromatic N) is 1. The second-order valence-electron chi connectivity index (χ2n) is 6.61. The zero-order valence-electron chi connectivity index (χ0n) is 15.7. The predicted octanol–water partition coefficient (Wildman–Crippen LogP) is 3.21. The molecule has 0 N–H and O–H groups in total. The number of hydrogen-bond donors (Lipinski definition) is 0. The third-order valence-electron chi connectivity index (χ3n) is 4.50. The number of Topliss-reactive ketones (excluding diaryl/α,β-unsaturated/α-hetero) is 1. The molecule has 1 aliphatic heterocycles. The van der Waals surface area contributed by atoms with Crippen LogP contribution in [0.4, 0.5) is 5.69 Å². The van der Waals surface area contributed by atoms with Crippen molar-refractivity contribution in [1.82, 2.24) is 0 Å². The lowest BCUT2D eigenvalue weighted by Gasteiger charge is -2.29. The van der Waals surface area contributed by atoms with Crippen molar-refractivity contribution in [2.45, 2.75) is 19.8 Å². The fourth-order valence-corrected chi connectivity index (χ4v) is 4.86. The minimum Gasteiger partial charge on any atom is -0.454 e. The lowest BCUT2D eigenvalue weighted by Crippen LogP contribution is -2.34. The first-order valence-electron chi connectivity index (χ1n) is 8.78. The Bertz CT molecular complexity index is 1040. The van der Waals surface area contributed by atoms with Gasteiger partial charge in [0.2, 0.25) is 10.0 Å². The summed E-state index contributed by atoms with van der Waals surface area (Å²) in [6, 6.07) is 6.86. The molecule has 0 fully saturated rings. The Morgan fingerprint density at radius 2 is 2.07 bits per heavy atom.